The van der Waals surface area contributed by atoms with Crippen LogP contribution in [0.3, 0.4) is 0 Å². The minimum atomic E-state index is -0.814. The molecule has 0 aliphatic carbocycles. The highest BCUT2D eigenvalue weighted by atomic mass is 16.5. The van der Waals surface area contributed by atoms with Crippen LogP contribution >= 0.6 is 0 Å². The molecule has 0 bridgehead atoms. The summed E-state index contributed by atoms with van der Waals surface area (Å²) in [6.07, 6.45) is 1.06. The zero-order chi connectivity index (χ0) is 11.6. The average Bonchev–Trinajstić information content (AvgIpc) is 1.99. The third-order valence-electron chi connectivity index (χ3n) is 2.71. The second kappa shape index (κ2) is 4.49. The van der Waals surface area contributed by atoms with Crippen molar-refractivity contribution in [1.82, 2.24) is 5.32 Å². The van der Waals surface area contributed by atoms with E-state index in [1.807, 2.05) is 27.7 Å². The fourth-order valence-corrected chi connectivity index (χ4v) is 2.46. The summed E-state index contributed by atoms with van der Waals surface area (Å²) in [6.45, 7) is 7.79. The second-order valence-electron chi connectivity index (χ2n) is 4.85. The van der Waals surface area contributed by atoms with Gasteiger partial charge in [0.05, 0.1) is 12.2 Å². The molecule has 2 unspecified atom stereocenters. The summed E-state index contributed by atoms with van der Waals surface area (Å²) in [4.78, 5) is 11.4. The molecule has 1 fully saturated rings. The van der Waals surface area contributed by atoms with Crippen LogP contribution in [0, 0.1) is 0 Å². The molecular weight excluding hydrogens is 194 g/mol. The zero-order valence-corrected chi connectivity index (χ0v) is 9.91. The molecule has 15 heavy (non-hydrogen) atoms. The molecule has 1 rings (SSSR count). The number of carboxylic acids is 1. The fraction of sp³-hybridized carbons (Fsp3) is 0.909. The summed E-state index contributed by atoms with van der Waals surface area (Å²) in [5.74, 6) is -0.766. The second-order valence-corrected chi connectivity index (χ2v) is 4.85. The smallest absolute Gasteiger partial charge is 0.324 e. The molecule has 0 aromatic carbocycles. The minimum absolute atomic E-state index is 0.00361. The first-order valence-corrected chi connectivity index (χ1v) is 5.52. The number of carboxylic acid groups (broad SMARTS) is 1. The molecule has 1 heterocycles. The number of nitrogens with one attached hydrogen (secondary N) is 1. The van der Waals surface area contributed by atoms with Gasteiger partial charge in [0.15, 0.2) is 0 Å². The van der Waals surface area contributed by atoms with E-state index < -0.39 is 11.5 Å². The van der Waals surface area contributed by atoms with Crippen LogP contribution in [0.2, 0.25) is 0 Å². The third-order valence-corrected chi connectivity index (χ3v) is 2.71. The summed E-state index contributed by atoms with van der Waals surface area (Å²) in [7, 11) is 0. The van der Waals surface area contributed by atoms with E-state index in [1.165, 1.54) is 0 Å². The molecule has 2 N–H and O–H groups in total. The van der Waals surface area contributed by atoms with Crippen molar-refractivity contribution < 1.29 is 14.6 Å². The third kappa shape index (κ3) is 2.92. The Balaban J connectivity index is 2.84. The Bertz CT molecular complexity index is 224. The number of hydrogen-bond donors (Lipinski definition) is 2. The fourth-order valence-electron chi connectivity index (χ4n) is 2.46. The molecule has 1 saturated heterocycles. The maximum absolute atomic E-state index is 11.4. The van der Waals surface area contributed by atoms with Crippen molar-refractivity contribution in [3.63, 3.8) is 0 Å². The van der Waals surface area contributed by atoms with E-state index in [4.69, 9.17) is 4.74 Å². The average molecular weight is 215 g/mol. The van der Waals surface area contributed by atoms with Gasteiger partial charge < -0.3 is 9.84 Å². The van der Waals surface area contributed by atoms with Crippen LogP contribution in [-0.4, -0.2) is 34.9 Å². The van der Waals surface area contributed by atoms with Crippen molar-refractivity contribution >= 4 is 5.97 Å². The molecule has 2 atom stereocenters. The van der Waals surface area contributed by atoms with E-state index in [1.54, 1.807) is 0 Å². The normalized spacial score (nSPS) is 36.9. The van der Waals surface area contributed by atoms with Crippen LogP contribution in [-0.2, 0) is 9.53 Å². The number of ether oxygens (including phenoxy) is 1. The SMILES string of the molecule is CC(C)NC1(C(=O)O)CC(C)OC(C)C1. The van der Waals surface area contributed by atoms with Crippen LogP contribution in [0.25, 0.3) is 0 Å². The topological polar surface area (TPSA) is 58.6 Å². The summed E-state index contributed by atoms with van der Waals surface area (Å²) in [6, 6.07) is 0.165. The van der Waals surface area contributed by atoms with Crippen LogP contribution in [0.5, 0.6) is 0 Å². The molecule has 1 aliphatic rings. The first-order valence-electron chi connectivity index (χ1n) is 5.52. The van der Waals surface area contributed by atoms with Gasteiger partial charge in [0, 0.05) is 18.9 Å². The van der Waals surface area contributed by atoms with Crippen molar-refractivity contribution in [2.24, 2.45) is 0 Å². The predicted octanol–water partition coefficient (Wildman–Crippen LogP) is 1.40. The van der Waals surface area contributed by atoms with Crippen molar-refractivity contribution in [3.8, 4) is 0 Å². The maximum atomic E-state index is 11.4. The van der Waals surface area contributed by atoms with E-state index in [-0.39, 0.29) is 18.2 Å². The van der Waals surface area contributed by atoms with Crippen molar-refractivity contribution in [3.05, 3.63) is 0 Å². The summed E-state index contributed by atoms with van der Waals surface area (Å²) in [5.41, 5.74) is -0.814. The van der Waals surface area contributed by atoms with Gasteiger partial charge in [0.1, 0.15) is 5.54 Å². The standard InChI is InChI=1S/C11H21NO3/c1-7(2)12-11(10(13)14)5-8(3)15-9(4)6-11/h7-9,12H,5-6H2,1-4H3,(H,13,14). The Hall–Kier alpha value is -0.610. The lowest BCUT2D eigenvalue weighted by atomic mass is 9.83. The van der Waals surface area contributed by atoms with E-state index in [2.05, 4.69) is 5.32 Å². The lowest BCUT2D eigenvalue weighted by molar-refractivity contribution is -0.156. The number of rotatable bonds is 3. The van der Waals surface area contributed by atoms with E-state index in [0.717, 1.165) is 0 Å². The van der Waals surface area contributed by atoms with Crippen LogP contribution < -0.4 is 5.32 Å². The minimum Gasteiger partial charge on any atom is -0.480 e. The molecule has 0 saturated carbocycles. The van der Waals surface area contributed by atoms with Gasteiger partial charge in [0.25, 0.3) is 0 Å². The Morgan fingerprint density at radius 3 is 2.20 bits per heavy atom. The van der Waals surface area contributed by atoms with Crippen molar-refractivity contribution in [2.75, 3.05) is 0 Å². The molecular formula is C11H21NO3. The Morgan fingerprint density at radius 1 is 1.40 bits per heavy atom. The number of aliphatic carboxylic acids is 1. The molecule has 0 aromatic heterocycles. The Labute approximate surface area is 91.0 Å². The largest absolute Gasteiger partial charge is 0.480 e. The first kappa shape index (κ1) is 12.5. The maximum Gasteiger partial charge on any atom is 0.324 e. The van der Waals surface area contributed by atoms with Crippen LogP contribution in [0.1, 0.15) is 40.5 Å². The van der Waals surface area contributed by atoms with Gasteiger partial charge in [-0.3, -0.25) is 10.1 Å². The van der Waals surface area contributed by atoms with Crippen LogP contribution in [0.4, 0.5) is 0 Å². The molecule has 4 nitrogen and oxygen atoms in total. The van der Waals surface area contributed by atoms with Gasteiger partial charge >= 0.3 is 5.97 Å². The number of carbonyl (C=O) groups is 1. The highest BCUT2D eigenvalue weighted by Gasteiger charge is 2.45. The molecule has 88 valence electrons. The van der Waals surface area contributed by atoms with Crippen molar-refractivity contribution in [2.45, 2.75) is 64.3 Å². The summed E-state index contributed by atoms with van der Waals surface area (Å²) in [5, 5.41) is 12.5. The lowest BCUT2D eigenvalue weighted by Gasteiger charge is -2.41. The monoisotopic (exact) mass is 215 g/mol. The van der Waals surface area contributed by atoms with Gasteiger partial charge in [-0.1, -0.05) is 0 Å². The quantitative estimate of drug-likeness (QED) is 0.747. The van der Waals surface area contributed by atoms with Gasteiger partial charge in [-0.05, 0) is 27.7 Å². The van der Waals surface area contributed by atoms with Gasteiger partial charge in [-0.15, -0.1) is 0 Å². The van der Waals surface area contributed by atoms with E-state index in [0.29, 0.717) is 12.8 Å². The first-order chi connectivity index (χ1) is 6.85. The van der Waals surface area contributed by atoms with E-state index >= 15 is 0 Å². The van der Waals surface area contributed by atoms with Gasteiger partial charge in [0.2, 0.25) is 0 Å². The molecule has 0 radical (unpaired) electrons. The highest BCUT2D eigenvalue weighted by Crippen LogP contribution is 2.29. The number of hydrogen-bond acceptors (Lipinski definition) is 3. The van der Waals surface area contributed by atoms with Crippen LogP contribution in [0.15, 0.2) is 0 Å². The highest BCUT2D eigenvalue weighted by molar-refractivity contribution is 5.79. The molecule has 0 aromatic rings. The molecule has 0 spiro atoms. The predicted molar refractivity (Wildman–Crippen MR) is 57.9 cm³/mol. The Kier molecular flexibility index (Phi) is 3.73. The summed E-state index contributed by atoms with van der Waals surface area (Å²) < 4.78 is 5.57. The van der Waals surface area contributed by atoms with Gasteiger partial charge in [-0.25, -0.2) is 0 Å². The Morgan fingerprint density at radius 2 is 1.87 bits per heavy atom. The molecule has 0 amide bonds. The zero-order valence-electron chi connectivity index (χ0n) is 9.91. The van der Waals surface area contributed by atoms with Crippen molar-refractivity contribution in [1.29, 1.82) is 0 Å². The van der Waals surface area contributed by atoms with E-state index in [9.17, 15) is 9.90 Å². The lowest BCUT2D eigenvalue weighted by Crippen LogP contribution is -2.60. The van der Waals surface area contributed by atoms with Gasteiger partial charge in [-0.2, -0.15) is 0 Å². The summed E-state index contributed by atoms with van der Waals surface area (Å²) >= 11 is 0. The molecule has 1 aliphatic heterocycles. The molecule has 4 heteroatoms.